The van der Waals surface area contributed by atoms with Crippen LogP contribution in [0.25, 0.3) is 21.3 Å². The van der Waals surface area contributed by atoms with Gasteiger partial charge < -0.3 is 4.98 Å². The summed E-state index contributed by atoms with van der Waals surface area (Å²) in [7, 11) is 4.34. The predicted octanol–water partition coefficient (Wildman–Crippen LogP) is 2.52. The Kier molecular flexibility index (Phi) is 5.74. The molecule has 10 heteroatoms. The van der Waals surface area contributed by atoms with E-state index in [1.165, 1.54) is 32.5 Å². The molecule has 0 atom stereocenters. The van der Waals surface area contributed by atoms with E-state index < -0.39 is 11.5 Å². The van der Waals surface area contributed by atoms with Crippen LogP contribution in [0.15, 0.2) is 34.1 Å². The van der Waals surface area contributed by atoms with Crippen molar-refractivity contribution in [2.75, 3.05) is 14.2 Å². The van der Waals surface area contributed by atoms with Gasteiger partial charge in [0.15, 0.2) is 0 Å². The Bertz CT molecular complexity index is 1440. The van der Waals surface area contributed by atoms with Gasteiger partial charge in [-0.2, -0.15) is 0 Å². The third-order valence-electron chi connectivity index (χ3n) is 5.45. The van der Waals surface area contributed by atoms with Gasteiger partial charge in [-0.15, -0.1) is 11.3 Å². The van der Waals surface area contributed by atoms with Crippen molar-refractivity contribution in [1.29, 1.82) is 0 Å². The molecule has 0 aliphatic rings. The van der Waals surface area contributed by atoms with Crippen molar-refractivity contribution >= 4 is 38.5 Å². The number of thiophene rings is 1. The molecule has 0 bridgehead atoms. The van der Waals surface area contributed by atoms with Crippen LogP contribution in [0.3, 0.4) is 0 Å². The Balaban J connectivity index is 2.03. The Hall–Kier alpha value is -3.24. The van der Waals surface area contributed by atoms with E-state index in [0.717, 1.165) is 26.2 Å². The zero-order valence-electron chi connectivity index (χ0n) is 18.6. The minimum Gasteiger partial charge on any atom is -0.346 e. The van der Waals surface area contributed by atoms with E-state index in [0.29, 0.717) is 22.7 Å². The Labute approximate surface area is 187 Å². The molecule has 0 unspecified atom stereocenters. The third-order valence-corrected chi connectivity index (χ3v) is 6.67. The maximum absolute atomic E-state index is 13.3. The zero-order valence-corrected chi connectivity index (χ0v) is 19.4. The fourth-order valence-electron chi connectivity index (χ4n) is 3.83. The van der Waals surface area contributed by atoms with Gasteiger partial charge >= 0.3 is 5.69 Å². The summed E-state index contributed by atoms with van der Waals surface area (Å²) in [4.78, 5) is 53.2. The highest BCUT2D eigenvalue weighted by atomic mass is 32.1. The molecule has 0 spiro atoms. The first-order valence-corrected chi connectivity index (χ1v) is 11.0. The number of amides is 1. The number of aromatic nitrogens is 4. The summed E-state index contributed by atoms with van der Waals surface area (Å²) in [5, 5.41) is 2.29. The maximum Gasteiger partial charge on any atom is 0.331 e. The molecule has 0 aliphatic heterocycles. The number of aromatic amines is 1. The average molecular weight is 456 g/mol. The summed E-state index contributed by atoms with van der Waals surface area (Å²) in [5.41, 5.74) is 1.09. The summed E-state index contributed by atoms with van der Waals surface area (Å²) in [5.74, 6) is -0.252. The molecule has 1 N–H and O–H groups in total. The quantitative estimate of drug-likeness (QED) is 0.450. The number of H-pyrrole nitrogens is 1. The van der Waals surface area contributed by atoms with Crippen molar-refractivity contribution < 1.29 is 9.63 Å². The summed E-state index contributed by atoms with van der Waals surface area (Å²) < 4.78 is 2.66. The first-order chi connectivity index (χ1) is 15.2. The van der Waals surface area contributed by atoms with Crippen LogP contribution in [0.1, 0.15) is 34.6 Å². The van der Waals surface area contributed by atoms with Crippen LogP contribution in [0.4, 0.5) is 0 Å². The van der Waals surface area contributed by atoms with Crippen molar-refractivity contribution in [2.45, 2.75) is 26.8 Å². The number of carbonyl (C=O) groups excluding carboxylic acids is 1. The lowest BCUT2D eigenvalue weighted by atomic mass is 10.1. The van der Waals surface area contributed by atoms with E-state index in [9.17, 15) is 14.4 Å². The van der Waals surface area contributed by atoms with Gasteiger partial charge in [0, 0.05) is 49.7 Å². The van der Waals surface area contributed by atoms with Gasteiger partial charge in [0.2, 0.25) is 0 Å². The van der Waals surface area contributed by atoms with Crippen LogP contribution in [0, 0.1) is 5.92 Å². The van der Waals surface area contributed by atoms with Crippen LogP contribution in [-0.4, -0.2) is 44.2 Å². The van der Waals surface area contributed by atoms with E-state index in [-0.39, 0.29) is 22.6 Å². The average Bonchev–Trinajstić information content (AvgIpc) is 3.36. The number of carbonyl (C=O) groups is 1. The molecule has 4 aromatic rings. The van der Waals surface area contributed by atoms with Crippen molar-refractivity contribution in [2.24, 2.45) is 13.0 Å². The van der Waals surface area contributed by atoms with Crippen molar-refractivity contribution in [3.8, 4) is 0 Å². The SMILES string of the molecule is CON(C)C(=O)c1c(Cc2c[nH]c3ncccc23)sc2c1c(=O)n(C)c(=O)n2CC(C)C. The molecule has 4 heterocycles. The highest BCUT2D eigenvalue weighted by Gasteiger charge is 2.28. The lowest BCUT2D eigenvalue weighted by Gasteiger charge is -2.15. The molecule has 168 valence electrons. The molecule has 9 nitrogen and oxygen atoms in total. The van der Waals surface area contributed by atoms with Crippen molar-refractivity contribution in [1.82, 2.24) is 24.2 Å². The number of hydroxylamine groups is 2. The van der Waals surface area contributed by atoms with Gasteiger partial charge in [0.25, 0.3) is 11.5 Å². The predicted molar refractivity (Wildman–Crippen MR) is 124 cm³/mol. The monoisotopic (exact) mass is 455 g/mol. The van der Waals surface area contributed by atoms with E-state index in [2.05, 4.69) is 9.97 Å². The third kappa shape index (κ3) is 3.55. The summed E-state index contributed by atoms with van der Waals surface area (Å²) >= 11 is 1.30. The first kappa shape index (κ1) is 22.0. The Morgan fingerprint density at radius 1 is 1.34 bits per heavy atom. The fourth-order valence-corrected chi connectivity index (χ4v) is 5.13. The molecule has 4 aromatic heterocycles. The minimum atomic E-state index is -0.485. The van der Waals surface area contributed by atoms with Gasteiger partial charge in [-0.05, 0) is 23.6 Å². The number of fused-ring (bicyclic) bond motifs is 2. The zero-order chi connectivity index (χ0) is 23.2. The number of hydrogen-bond acceptors (Lipinski definition) is 6. The molecule has 4 rings (SSSR count). The Morgan fingerprint density at radius 2 is 2.09 bits per heavy atom. The van der Waals surface area contributed by atoms with Gasteiger partial charge in [-0.3, -0.25) is 23.6 Å². The molecule has 0 aromatic carbocycles. The molecule has 0 saturated carbocycles. The van der Waals surface area contributed by atoms with Crippen molar-refractivity contribution in [3.63, 3.8) is 0 Å². The molecule has 0 saturated heterocycles. The number of rotatable bonds is 6. The fraction of sp³-hybridized carbons (Fsp3) is 0.364. The van der Waals surface area contributed by atoms with Gasteiger partial charge in [0.05, 0.1) is 18.1 Å². The molecule has 0 fully saturated rings. The second-order valence-electron chi connectivity index (χ2n) is 8.11. The number of pyridine rings is 1. The molecule has 32 heavy (non-hydrogen) atoms. The van der Waals surface area contributed by atoms with E-state index >= 15 is 0 Å². The van der Waals surface area contributed by atoms with Crippen LogP contribution < -0.4 is 11.2 Å². The van der Waals surface area contributed by atoms with Crippen LogP contribution in [0.5, 0.6) is 0 Å². The van der Waals surface area contributed by atoms with Gasteiger partial charge in [-0.25, -0.2) is 14.8 Å². The summed E-state index contributed by atoms with van der Waals surface area (Å²) in [6.07, 6.45) is 3.97. The highest BCUT2D eigenvalue weighted by molar-refractivity contribution is 7.19. The van der Waals surface area contributed by atoms with Gasteiger partial charge in [0.1, 0.15) is 10.5 Å². The minimum absolute atomic E-state index is 0.180. The summed E-state index contributed by atoms with van der Waals surface area (Å²) in [6, 6.07) is 3.81. The van der Waals surface area contributed by atoms with Crippen molar-refractivity contribution in [3.05, 3.63) is 61.4 Å². The van der Waals surface area contributed by atoms with E-state index in [4.69, 9.17) is 4.84 Å². The molecular formula is C22H25N5O4S. The smallest absolute Gasteiger partial charge is 0.331 e. The number of nitrogens with zero attached hydrogens (tertiary/aromatic N) is 4. The Morgan fingerprint density at radius 3 is 2.78 bits per heavy atom. The summed E-state index contributed by atoms with van der Waals surface area (Å²) in [6.45, 7) is 4.44. The van der Waals surface area contributed by atoms with Crippen LogP contribution in [-0.2, 0) is 24.9 Å². The van der Waals surface area contributed by atoms with Gasteiger partial charge in [-0.1, -0.05) is 13.8 Å². The largest absolute Gasteiger partial charge is 0.346 e. The first-order valence-electron chi connectivity index (χ1n) is 10.2. The second-order valence-corrected chi connectivity index (χ2v) is 9.19. The number of nitrogens with one attached hydrogen (secondary N) is 1. The van der Waals surface area contributed by atoms with Crippen LogP contribution in [0.2, 0.25) is 0 Å². The standard InChI is InChI=1S/C22H25N5O4S/c1-12(2)11-27-21-17(19(28)25(3)22(27)30)16(20(29)26(4)31-5)15(32-21)9-13-10-24-18-14(13)7-6-8-23-18/h6-8,10,12H,9,11H2,1-5H3,(H,23,24). The molecule has 0 radical (unpaired) electrons. The number of hydrogen-bond donors (Lipinski definition) is 1. The normalized spacial score (nSPS) is 11.7. The lowest BCUT2D eigenvalue weighted by Crippen LogP contribution is -2.39. The van der Waals surface area contributed by atoms with E-state index in [1.54, 1.807) is 10.8 Å². The molecular weight excluding hydrogens is 430 g/mol. The molecule has 0 aliphatic carbocycles. The molecule has 1 amide bonds. The topological polar surface area (TPSA) is 102 Å². The van der Waals surface area contributed by atoms with E-state index in [1.807, 2.05) is 32.2 Å². The maximum atomic E-state index is 13.3. The highest BCUT2D eigenvalue weighted by Crippen LogP contribution is 2.33. The lowest BCUT2D eigenvalue weighted by molar-refractivity contribution is -0.0756. The second kappa shape index (κ2) is 8.36. The van der Waals surface area contributed by atoms with Crippen LogP contribution >= 0.6 is 11.3 Å².